The van der Waals surface area contributed by atoms with Crippen LogP contribution in [-0.4, -0.2) is 32.4 Å². The number of hydrogen-bond donors (Lipinski definition) is 2. The maximum Gasteiger partial charge on any atom is 0.328 e. The van der Waals surface area contributed by atoms with Gasteiger partial charge in [0.05, 0.1) is 12.6 Å². The largest absolute Gasteiger partial charge is 0.390 e. The smallest absolute Gasteiger partial charge is 0.328 e. The molecule has 0 saturated carbocycles. The van der Waals surface area contributed by atoms with E-state index in [2.05, 4.69) is 5.32 Å². The molecule has 1 aromatic rings. The molecule has 18 heavy (non-hydrogen) atoms. The maximum absolute atomic E-state index is 11.9. The third kappa shape index (κ3) is 4.66. The molecule has 1 rings (SSSR count). The first-order valence-corrected chi connectivity index (χ1v) is 6.52. The molecule has 0 saturated heterocycles. The Hall–Kier alpha value is -1.07. The number of hydrogen-bond acceptors (Lipinski definition) is 3. The number of aryl methyl sites for hydroxylation is 1. The van der Waals surface area contributed by atoms with Crippen molar-refractivity contribution in [2.75, 3.05) is 6.54 Å². The third-order valence-corrected chi connectivity index (χ3v) is 2.66. The van der Waals surface area contributed by atoms with Crippen LogP contribution in [0.4, 0.5) is 0 Å². The number of aliphatic hydroxyl groups is 1. The summed E-state index contributed by atoms with van der Waals surface area (Å²) in [5.74, 6) is 0. The van der Waals surface area contributed by atoms with Crippen LogP contribution in [0.15, 0.2) is 17.2 Å². The summed E-state index contributed by atoms with van der Waals surface area (Å²) < 4.78 is 3.23. The normalized spacial score (nSPS) is 13.8. The van der Waals surface area contributed by atoms with Gasteiger partial charge in [0, 0.05) is 31.0 Å². The van der Waals surface area contributed by atoms with Crippen molar-refractivity contribution in [2.24, 2.45) is 0 Å². The van der Waals surface area contributed by atoms with Crippen molar-refractivity contribution in [1.29, 1.82) is 0 Å². The highest BCUT2D eigenvalue weighted by molar-refractivity contribution is 4.83. The van der Waals surface area contributed by atoms with Crippen LogP contribution in [0.2, 0.25) is 0 Å². The van der Waals surface area contributed by atoms with E-state index >= 15 is 0 Å². The standard InChI is InChI=1S/C13H25N3O2/c1-5-6-15-7-8-16(12(15)18)10-11(17)9-14-13(2,3)4/h7-8,11,14,17H,5-6,9-10H2,1-4H3. The zero-order valence-corrected chi connectivity index (χ0v) is 11.8. The molecule has 0 bridgehead atoms. The van der Waals surface area contributed by atoms with Crippen molar-refractivity contribution in [3.63, 3.8) is 0 Å². The van der Waals surface area contributed by atoms with Crippen LogP contribution >= 0.6 is 0 Å². The summed E-state index contributed by atoms with van der Waals surface area (Å²) in [5.41, 5.74) is -0.0771. The maximum atomic E-state index is 11.9. The first kappa shape index (κ1) is 15.0. The summed E-state index contributed by atoms with van der Waals surface area (Å²) in [4.78, 5) is 11.9. The van der Waals surface area contributed by atoms with Crippen molar-refractivity contribution in [1.82, 2.24) is 14.5 Å². The predicted molar refractivity (Wildman–Crippen MR) is 72.7 cm³/mol. The van der Waals surface area contributed by atoms with E-state index in [1.54, 1.807) is 21.5 Å². The molecule has 0 aliphatic rings. The Morgan fingerprint density at radius 3 is 2.50 bits per heavy atom. The van der Waals surface area contributed by atoms with Crippen molar-refractivity contribution in [3.05, 3.63) is 22.9 Å². The van der Waals surface area contributed by atoms with Crippen LogP contribution in [-0.2, 0) is 13.1 Å². The number of nitrogens with zero attached hydrogens (tertiary/aromatic N) is 2. The van der Waals surface area contributed by atoms with Crippen LogP contribution in [0, 0.1) is 0 Å². The zero-order valence-electron chi connectivity index (χ0n) is 11.8. The Kier molecular flexibility index (Phi) is 5.16. The van der Waals surface area contributed by atoms with E-state index in [1.165, 1.54) is 0 Å². The highest BCUT2D eigenvalue weighted by Crippen LogP contribution is 1.99. The van der Waals surface area contributed by atoms with Crippen LogP contribution in [0.1, 0.15) is 34.1 Å². The molecule has 0 radical (unpaired) electrons. The van der Waals surface area contributed by atoms with E-state index in [9.17, 15) is 9.90 Å². The van der Waals surface area contributed by atoms with Gasteiger partial charge in [0.15, 0.2) is 0 Å². The summed E-state index contributed by atoms with van der Waals surface area (Å²) in [6.45, 7) is 9.71. The van der Waals surface area contributed by atoms with Crippen LogP contribution in [0.3, 0.4) is 0 Å². The average Bonchev–Trinajstić information content (AvgIpc) is 2.59. The lowest BCUT2D eigenvalue weighted by molar-refractivity contribution is 0.140. The predicted octanol–water partition coefficient (Wildman–Crippen LogP) is 0.809. The van der Waals surface area contributed by atoms with Gasteiger partial charge in [-0.1, -0.05) is 6.92 Å². The van der Waals surface area contributed by atoms with Crippen LogP contribution in [0.5, 0.6) is 0 Å². The van der Waals surface area contributed by atoms with Crippen molar-refractivity contribution in [3.8, 4) is 0 Å². The minimum absolute atomic E-state index is 0.0277. The van der Waals surface area contributed by atoms with Crippen LogP contribution < -0.4 is 11.0 Å². The zero-order chi connectivity index (χ0) is 13.8. The van der Waals surface area contributed by atoms with E-state index < -0.39 is 6.10 Å². The lowest BCUT2D eigenvalue weighted by atomic mass is 10.1. The third-order valence-electron chi connectivity index (χ3n) is 2.66. The topological polar surface area (TPSA) is 59.2 Å². The van der Waals surface area contributed by atoms with Crippen LogP contribution in [0.25, 0.3) is 0 Å². The molecule has 0 aliphatic carbocycles. The Labute approximate surface area is 108 Å². The molecule has 0 amide bonds. The second-order valence-electron chi connectivity index (χ2n) is 5.71. The Morgan fingerprint density at radius 1 is 1.33 bits per heavy atom. The van der Waals surface area contributed by atoms with E-state index in [1.807, 2.05) is 27.7 Å². The lowest BCUT2D eigenvalue weighted by Crippen LogP contribution is -2.42. The van der Waals surface area contributed by atoms with Gasteiger partial charge in [0.25, 0.3) is 0 Å². The summed E-state index contributed by atoms with van der Waals surface area (Å²) in [7, 11) is 0. The summed E-state index contributed by atoms with van der Waals surface area (Å²) in [6, 6.07) is 0. The van der Waals surface area contributed by atoms with Gasteiger partial charge in [0.1, 0.15) is 0 Å². The molecule has 1 heterocycles. The second-order valence-corrected chi connectivity index (χ2v) is 5.71. The molecule has 1 aromatic heterocycles. The fourth-order valence-electron chi connectivity index (χ4n) is 1.72. The van der Waals surface area contributed by atoms with Gasteiger partial charge in [-0.3, -0.25) is 9.13 Å². The quantitative estimate of drug-likeness (QED) is 0.791. The number of aromatic nitrogens is 2. The van der Waals surface area contributed by atoms with Gasteiger partial charge in [-0.05, 0) is 27.2 Å². The van der Waals surface area contributed by atoms with Gasteiger partial charge >= 0.3 is 5.69 Å². The first-order valence-electron chi connectivity index (χ1n) is 6.52. The van der Waals surface area contributed by atoms with E-state index in [0.29, 0.717) is 13.1 Å². The Balaban J connectivity index is 2.54. The highest BCUT2D eigenvalue weighted by atomic mass is 16.3. The second kappa shape index (κ2) is 6.20. The lowest BCUT2D eigenvalue weighted by Gasteiger charge is -2.22. The van der Waals surface area contributed by atoms with Gasteiger partial charge in [-0.15, -0.1) is 0 Å². The van der Waals surface area contributed by atoms with Crippen molar-refractivity contribution < 1.29 is 5.11 Å². The molecule has 5 heteroatoms. The first-order chi connectivity index (χ1) is 8.33. The fraction of sp³-hybridized carbons (Fsp3) is 0.769. The number of rotatable bonds is 6. The summed E-state index contributed by atoms with van der Waals surface area (Å²) in [5, 5.41) is 13.1. The molecule has 1 atom stereocenters. The number of imidazole rings is 1. The van der Waals surface area contributed by atoms with E-state index in [0.717, 1.165) is 13.0 Å². The monoisotopic (exact) mass is 255 g/mol. The fourth-order valence-corrected chi connectivity index (χ4v) is 1.72. The molecule has 104 valence electrons. The van der Waals surface area contributed by atoms with Gasteiger partial charge in [-0.2, -0.15) is 0 Å². The van der Waals surface area contributed by atoms with E-state index in [-0.39, 0.29) is 11.2 Å². The Bertz CT molecular complexity index is 415. The molecule has 0 aliphatic heterocycles. The number of aliphatic hydroxyl groups excluding tert-OH is 1. The van der Waals surface area contributed by atoms with Crippen molar-refractivity contribution in [2.45, 2.75) is 58.8 Å². The minimum Gasteiger partial charge on any atom is -0.390 e. The summed E-state index contributed by atoms with van der Waals surface area (Å²) >= 11 is 0. The molecule has 2 N–H and O–H groups in total. The molecular formula is C13H25N3O2. The molecular weight excluding hydrogens is 230 g/mol. The van der Waals surface area contributed by atoms with Gasteiger partial charge < -0.3 is 10.4 Å². The van der Waals surface area contributed by atoms with Crippen molar-refractivity contribution >= 4 is 0 Å². The molecule has 5 nitrogen and oxygen atoms in total. The number of nitrogens with one attached hydrogen (secondary N) is 1. The van der Waals surface area contributed by atoms with Gasteiger partial charge in [0.2, 0.25) is 0 Å². The SMILES string of the molecule is CCCn1ccn(CC(O)CNC(C)(C)C)c1=O. The van der Waals surface area contributed by atoms with Gasteiger partial charge in [-0.25, -0.2) is 4.79 Å². The molecule has 1 unspecified atom stereocenters. The Morgan fingerprint density at radius 2 is 1.94 bits per heavy atom. The summed E-state index contributed by atoms with van der Waals surface area (Å²) in [6.07, 6.45) is 3.88. The molecule has 0 spiro atoms. The molecule has 0 fully saturated rings. The molecule has 0 aromatic carbocycles. The number of β-amino-alcohol motifs (C(OH)–C–C–N with tert-alkyl or cyclic N) is 1. The minimum atomic E-state index is -0.556. The highest BCUT2D eigenvalue weighted by Gasteiger charge is 2.13. The average molecular weight is 255 g/mol. The van der Waals surface area contributed by atoms with E-state index in [4.69, 9.17) is 0 Å².